The average Bonchev–Trinajstić information content (AvgIpc) is 2.94. The molecule has 0 spiro atoms. The quantitative estimate of drug-likeness (QED) is 0.376. The number of imide groups is 1. The van der Waals surface area contributed by atoms with Crippen LogP contribution < -0.4 is 5.32 Å². The zero-order valence-corrected chi connectivity index (χ0v) is 17.5. The van der Waals surface area contributed by atoms with E-state index in [9.17, 15) is 9.59 Å². The first kappa shape index (κ1) is 20.0. The van der Waals surface area contributed by atoms with E-state index in [1.54, 1.807) is 6.92 Å². The van der Waals surface area contributed by atoms with Crippen molar-refractivity contribution in [3.05, 3.63) is 76.4 Å². The number of aryl methyl sites for hydroxylation is 2. The molecule has 1 atom stereocenters. The van der Waals surface area contributed by atoms with Crippen molar-refractivity contribution in [2.24, 2.45) is 5.10 Å². The van der Waals surface area contributed by atoms with Crippen molar-refractivity contribution in [1.82, 2.24) is 15.3 Å². The number of hydrogen-bond donors (Lipinski definition) is 1. The number of nitrogens with zero attached hydrogens (tertiary/aromatic N) is 3. The van der Waals surface area contributed by atoms with E-state index in [1.807, 2.05) is 61.5 Å². The molecule has 1 saturated heterocycles. The van der Waals surface area contributed by atoms with Crippen molar-refractivity contribution in [3.63, 3.8) is 0 Å². The lowest BCUT2D eigenvalue weighted by molar-refractivity contribution is -0.130. The number of fused-ring (bicyclic) bond motifs is 1. The molecule has 1 aliphatic heterocycles. The molecule has 0 bridgehead atoms. The molecule has 4 rings (SSSR count). The smallest absolute Gasteiger partial charge is 0.322 e. The Bertz CT molecular complexity index is 1160. The number of pyridine rings is 1. The number of benzene rings is 2. The Morgan fingerprint density at radius 1 is 1.17 bits per heavy atom. The Kier molecular flexibility index (Phi) is 5.26. The molecular formula is C23H21ClN4O2. The maximum atomic E-state index is 12.9. The maximum absolute atomic E-state index is 12.9. The Balaban J connectivity index is 1.53. The lowest BCUT2D eigenvalue weighted by Crippen LogP contribution is -2.44. The lowest BCUT2D eigenvalue weighted by atomic mass is 9.93. The molecule has 0 radical (unpaired) electrons. The molecule has 7 heteroatoms. The van der Waals surface area contributed by atoms with Crippen molar-refractivity contribution < 1.29 is 9.59 Å². The van der Waals surface area contributed by atoms with Crippen LogP contribution in [0.3, 0.4) is 0 Å². The SMILES string of the molecule is Cc1ccc2cc(/C=N\N3C(=O)N[C@@](C)(CCc4ccccc4)C3=O)c(Cl)nc2c1. The van der Waals surface area contributed by atoms with E-state index < -0.39 is 11.6 Å². The van der Waals surface area contributed by atoms with Crippen molar-refractivity contribution >= 4 is 40.7 Å². The van der Waals surface area contributed by atoms with Crippen molar-refractivity contribution in [1.29, 1.82) is 0 Å². The van der Waals surface area contributed by atoms with E-state index in [1.165, 1.54) is 6.21 Å². The number of hydrazone groups is 1. The van der Waals surface area contributed by atoms with Crippen LogP contribution in [0.1, 0.15) is 30.0 Å². The van der Waals surface area contributed by atoms with Gasteiger partial charge in [-0.05, 0) is 49.9 Å². The number of nitrogens with one attached hydrogen (secondary N) is 1. The molecule has 2 aromatic carbocycles. The van der Waals surface area contributed by atoms with Gasteiger partial charge in [-0.15, -0.1) is 5.01 Å². The fourth-order valence-corrected chi connectivity index (χ4v) is 3.66. The lowest BCUT2D eigenvalue weighted by Gasteiger charge is -2.20. The number of halogens is 1. The van der Waals surface area contributed by atoms with Gasteiger partial charge >= 0.3 is 6.03 Å². The van der Waals surface area contributed by atoms with E-state index >= 15 is 0 Å². The van der Waals surface area contributed by atoms with Gasteiger partial charge in [0.1, 0.15) is 10.7 Å². The van der Waals surface area contributed by atoms with Crippen LogP contribution in [0.15, 0.2) is 59.7 Å². The summed E-state index contributed by atoms with van der Waals surface area (Å²) < 4.78 is 0. The third-order valence-corrected chi connectivity index (χ3v) is 5.56. The monoisotopic (exact) mass is 420 g/mol. The van der Waals surface area contributed by atoms with Crippen LogP contribution in [0, 0.1) is 6.92 Å². The van der Waals surface area contributed by atoms with Gasteiger partial charge in [0.2, 0.25) is 0 Å². The first-order valence-electron chi connectivity index (χ1n) is 9.67. The van der Waals surface area contributed by atoms with Crippen LogP contribution in [-0.2, 0) is 11.2 Å². The average molecular weight is 421 g/mol. The van der Waals surface area contributed by atoms with Crippen LogP contribution >= 0.6 is 11.6 Å². The number of hydrogen-bond acceptors (Lipinski definition) is 4. The number of amides is 3. The number of urea groups is 1. The number of carbonyl (C=O) groups excluding carboxylic acids is 2. The second-order valence-corrected chi connectivity index (χ2v) is 8.03. The fourth-order valence-electron chi connectivity index (χ4n) is 3.46. The van der Waals surface area contributed by atoms with E-state index in [0.717, 1.165) is 27.0 Å². The Morgan fingerprint density at radius 3 is 2.70 bits per heavy atom. The normalized spacial score (nSPS) is 19.1. The first-order chi connectivity index (χ1) is 14.4. The van der Waals surface area contributed by atoms with Gasteiger partial charge in [-0.2, -0.15) is 5.10 Å². The molecule has 1 aliphatic rings. The van der Waals surface area contributed by atoms with E-state index in [2.05, 4.69) is 15.4 Å². The summed E-state index contributed by atoms with van der Waals surface area (Å²) in [6.07, 6.45) is 2.54. The fraction of sp³-hybridized carbons (Fsp3) is 0.217. The van der Waals surface area contributed by atoms with Gasteiger partial charge in [-0.25, -0.2) is 9.78 Å². The second-order valence-electron chi connectivity index (χ2n) is 7.67. The van der Waals surface area contributed by atoms with Crippen molar-refractivity contribution in [2.75, 3.05) is 0 Å². The number of aromatic nitrogens is 1. The van der Waals surface area contributed by atoms with Gasteiger partial charge < -0.3 is 5.32 Å². The second kappa shape index (κ2) is 7.88. The molecule has 0 saturated carbocycles. The highest BCUT2D eigenvalue weighted by atomic mass is 35.5. The van der Waals surface area contributed by atoms with Crippen LogP contribution in [-0.4, -0.2) is 33.7 Å². The number of rotatable bonds is 5. The predicted octanol–water partition coefficient (Wildman–Crippen LogP) is 4.47. The zero-order chi connectivity index (χ0) is 21.3. The minimum Gasteiger partial charge on any atom is -0.322 e. The van der Waals surface area contributed by atoms with Crippen LogP contribution in [0.2, 0.25) is 5.15 Å². The summed E-state index contributed by atoms with van der Waals surface area (Å²) in [5.41, 5.74) is 2.49. The minimum absolute atomic E-state index is 0.260. The molecule has 1 N–H and O–H groups in total. The maximum Gasteiger partial charge on any atom is 0.346 e. The standard InChI is InChI=1S/C23H21ClN4O2/c1-15-8-9-17-13-18(20(24)26-19(17)12-15)14-25-28-21(29)23(2,27-22(28)30)11-10-16-6-4-3-5-7-16/h3-9,12-14H,10-11H2,1-2H3,(H,27,30)/b25-14-/t23-/m0/s1. The largest absolute Gasteiger partial charge is 0.346 e. The highest BCUT2D eigenvalue weighted by Gasteiger charge is 2.47. The van der Waals surface area contributed by atoms with Gasteiger partial charge in [0, 0.05) is 10.9 Å². The molecular weight excluding hydrogens is 400 g/mol. The minimum atomic E-state index is -1.01. The molecule has 30 heavy (non-hydrogen) atoms. The van der Waals surface area contributed by atoms with Gasteiger partial charge in [0.05, 0.1) is 11.7 Å². The molecule has 6 nitrogen and oxygen atoms in total. The Morgan fingerprint density at radius 2 is 1.93 bits per heavy atom. The first-order valence-corrected chi connectivity index (χ1v) is 10.0. The van der Waals surface area contributed by atoms with Crippen molar-refractivity contribution in [3.8, 4) is 0 Å². The molecule has 1 aromatic heterocycles. The third kappa shape index (κ3) is 3.91. The van der Waals surface area contributed by atoms with Gasteiger partial charge in [0.15, 0.2) is 0 Å². The highest BCUT2D eigenvalue weighted by molar-refractivity contribution is 6.32. The van der Waals surface area contributed by atoms with Gasteiger partial charge in [-0.1, -0.05) is 54.1 Å². The summed E-state index contributed by atoms with van der Waals surface area (Å²) >= 11 is 6.28. The third-order valence-electron chi connectivity index (χ3n) is 5.26. The van der Waals surface area contributed by atoms with E-state index in [4.69, 9.17) is 11.6 Å². The predicted molar refractivity (Wildman–Crippen MR) is 118 cm³/mol. The van der Waals surface area contributed by atoms with Crippen LogP contribution in [0.25, 0.3) is 10.9 Å². The summed E-state index contributed by atoms with van der Waals surface area (Å²) in [5, 5.41) is 8.90. The molecule has 0 aliphatic carbocycles. The molecule has 3 aromatic rings. The molecule has 0 unspecified atom stereocenters. The van der Waals surface area contributed by atoms with E-state index in [0.29, 0.717) is 18.4 Å². The highest BCUT2D eigenvalue weighted by Crippen LogP contribution is 2.25. The molecule has 152 valence electrons. The Hall–Kier alpha value is -3.25. The van der Waals surface area contributed by atoms with Crippen LogP contribution in [0.5, 0.6) is 0 Å². The summed E-state index contributed by atoms with van der Waals surface area (Å²) in [5.74, 6) is -0.389. The van der Waals surface area contributed by atoms with Crippen LogP contribution in [0.4, 0.5) is 4.79 Å². The molecule has 3 amide bonds. The van der Waals surface area contributed by atoms with Gasteiger partial charge in [0.25, 0.3) is 5.91 Å². The summed E-state index contributed by atoms with van der Waals surface area (Å²) in [4.78, 5) is 29.7. The summed E-state index contributed by atoms with van der Waals surface area (Å²) in [7, 11) is 0. The van der Waals surface area contributed by atoms with Gasteiger partial charge in [-0.3, -0.25) is 4.79 Å². The molecule has 2 heterocycles. The summed E-state index contributed by atoms with van der Waals surface area (Å²) in [6, 6.07) is 17.0. The summed E-state index contributed by atoms with van der Waals surface area (Å²) in [6.45, 7) is 3.70. The molecule has 1 fully saturated rings. The number of carbonyl (C=O) groups is 2. The Labute approximate surface area is 179 Å². The van der Waals surface area contributed by atoms with Crippen molar-refractivity contribution in [2.45, 2.75) is 32.2 Å². The topological polar surface area (TPSA) is 74.7 Å². The van der Waals surface area contributed by atoms with E-state index in [-0.39, 0.29) is 11.1 Å². The zero-order valence-electron chi connectivity index (χ0n) is 16.7.